The van der Waals surface area contributed by atoms with Crippen molar-refractivity contribution < 1.29 is 0 Å². The minimum atomic E-state index is 0.116. The average Bonchev–Trinajstić information content (AvgIpc) is 2.69. The van der Waals surface area contributed by atoms with E-state index in [0.29, 0.717) is 6.04 Å². The van der Waals surface area contributed by atoms with Crippen LogP contribution in [0, 0.1) is 0 Å². The first-order valence-corrected chi connectivity index (χ1v) is 8.15. The molecule has 0 saturated carbocycles. The number of hydrogen-bond acceptors (Lipinski definition) is 3. The summed E-state index contributed by atoms with van der Waals surface area (Å²) in [6, 6.07) is 0.374. The number of nitrogens with zero attached hydrogens (tertiary/aromatic N) is 3. The Bertz CT molecular complexity index is 441. The first-order valence-electron chi connectivity index (χ1n) is 7.36. The van der Waals surface area contributed by atoms with E-state index in [2.05, 4.69) is 66.1 Å². The Morgan fingerprint density at radius 2 is 2.00 bits per heavy atom. The number of hydrogen-bond donors (Lipinski definition) is 1. The van der Waals surface area contributed by atoms with E-state index >= 15 is 0 Å². The molecule has 0 aliphatic heterocycles. The van der Waals surface area contributed by atoms with E-state index in [9.17, 15) is 0 Å². The minimum absolute atomic E-state index is 0.116. The van der Waals surface area contributed by atoms with E-state index in [0.717, 1.165) is 25.0 Å². The summed E-state index contributed by atoms with van der Waals surface area (Å²) in [7, 11) is 8.39. The van der Waals surface area contributed by atoms with Crippen molar-refractivity contribution >= 4 is 15.9 Å². The van der Waals surface area contributed by atoms with Crippen LogP contribution in [-0.2, 0) is 19.9 Å². The van der Waals surface area contributed by atoms with Gasteiger partial charge in [-0.3, -0.25) is 4.68 Å². The van der Waals surface area contributed by atoms with E-state index in [1.165, 1.54) is 10.2 Å². The highest BCUT2D eigenvalue weighted by Crippen LogP contribution is 2.28. The molecule has 4 nitrogen and oxygen atoms in total. The maximum Gasteiger partial charge on any atom is 0.0766 e. The molecule has 0 bridgehead atoms. The second-order valence-electron chi connectivity index (χ2n) is 5.84. The Hall–Kier alpha value is -0.390. The Morgan fingerprint density at radius 3 is 2.35 bits per heavy atom. The summed E-state index contributed by atoms with van der Waals surface area (Å²) >= 11 is 3.72. The second-order valence-corrected chi connectivity index (χ2v) is 6.63. The van der Waals surface area contributed by atoms with Crippen LogP contribution < -0.4 is 5.32 Å². The van der Waals surface area contributed by atoms with Crippen LogP contribution >= 0.6 is 15.9 Å². The molecule has 1 rings (SSSR count). The molecule has 1 aromatic rings. The number of aromatic nitrogens is 2. The standard InChI is InChI=1S/C15H29BrN4/c1-8-11-14(16)12(20(7)18-11)10-13(17-4)15(3,9-2)19(5)6/h13,17H,8-10H2,1-7H3. The molecule has 2 atom stereocenters. The van der Waals surface area contributed by atoms with Gasteiger partial charge in [-0.1, -0.05) is 13.8 Å². The largest absolute Gasteiger partial charge is 0.315 e. The fraction of sp³-hybridized carbons (Fsp3) is 0.800. The van der Waals surface area contributed by atoms with Crippen molar-refractivity contribution in [2.24, 2.45) is 7.05 Å². The lowest BCUT2D eigenvalue weighted by molar-refractivity contribution is 0.115. The molecular weight excluding hydrogens is 316 g/mol. The molecule has 0 radical (unpaired) electrons. The van der Waals surface area contributed by atoms with Crippen molar-refractivity contribution in [1.82, 2.24) is 20.0 Å². The Balaban J connectivity index is 3.08. The van der Waals surface area contributed by atoms with Gasteiger partial charge in [-0.2, -0.15) is 5.10 Å². The summed E-state index contributed by atoms with van der Waals surface area (Å²) in [4.78, 5) is 2.32. The number of likely N-dealkylation sites (N-methyl/N-ethyl adjacent to an activating group) is 2. The van der Waals surface area contributed by atoms with Gasteiger partial charge in [0.25, 0.3) is 0 Å². The smallest absolute Gasteiger partial charge is 0.0766 e. The monoisotopic (exact) mass is 344 g/mol. The van der Waals surface area contributed by atoms with Crippen LogP contribution in [0.25, 0.3) is 0 Å². The number of aryl methyl sites for hydroxylation is 2. The average molecular weight is 345 g/mol. The Labute approximate surface area is 132 Å². The van der Waals surface area contributed by atoms with Crippen LogP contribution in [0.5, 0.6) is 0 Å². The molecule has 0 fully saturated rings. The van der Waals surface area contributed by atoms with Crippen molar-refractivity contribution in [1.29, 1.82) is 0 Å². The highest BCUT2D eigenvalue weighted by molar-refractivity contribution is 9.10. The summed E-state index contributed by atoms with van der Waals surface area (Å²) < 4.78 is 3.18. The van der Waals surface area contributed by atoms with Gasteiger partial charge in [0.05, 0.1) is 15.9 Å². The van der Waals surface area contributed by atoms with Gasteiger partial charge in [-0.25, -0.2) is 0 Å². The fourth-order valence-corrected chi connectivity index (χ4v) is 3.52. The van der Waals surface area contributed by atoms with Crippen molar-refractivity contribution in [2.75, 3.05) is 21.1 Å². The van der Waals surface area contributed by atoms with E-state index in [1.807, 2.05) is 18.8 Å². The molecule has 1 heterocycles. The molecule has 0 saturated heterocycles. The normalized spacial score (nSPS) is 16.4. The topological polar surface area (TPSA) is 33.1 Å². The number of nitrogens with one attached hydrogen (secondary N) is 1. The first kappa shape index (κ1) is 17.7. The molecule has 0 amide bonds. The lowest BCUT2D eigenvalue weighted by Gasteiger charge is -2.42. The third-order valence-corrected chi connectivity index (χ3v) is 5.65. The molecule has 0 spiro atoms. The summed E-state index contributed by atoms with van der Waals surface area (Å²) in [6.45, 7) is 6.71. The van der Waals surface area contributed by atoms with Crippen LogP contribution in [0.3, 0.4) is 0 Å². The Kier molecular flexibility index (Phi) is 6.23. The van der Waals surface area contributed by atoms with Gasteiger partial charge < -0.3 is 10.2 Å². The maximum absolute atomic E-state index is 4.60. The van der Waals surface area contributed by atoms with Gasteiger partial charge in [-0.15, -0.1) is 0 Å². The third kappa shape index (κ3) is 3.26. The number of halogens is 1. The van der Waals surface area contributed by atoms with Crippen LogP contribution in [0.4, 0.5) is 0 Å². The summed E-state index contributed by atoms with van der Waals surface area (Å²) in [6.07, 6.45) is 3.02. The zero-order valence-corrected chi connectivity index (χ0v) is 15.5. The van der Waals surface area contributed by atoms with E-state index in [4.69, 9.17) is 0 Å². The van der Waals surface area contributed by atoms with Crippen molar-refractivity contribution in [3.63, 3.8) is 0 Å². The predicted octanol–water partition coefficient (Wildman–Crippen LogP) is 2.61. The van der Waals surface area contributed by atoms with Gasteiger partial charge in [0.2, 0.25) is 0 Å². The lowest BCUT2D eigenvalue weighted by Crippen LogP contribution is -2.57. The van der Waals surface area contributed by atoms with Gasteiger partial charge >= 0.3 is 0 Å². The van der Waals surface area contributed by atoms with E-state index in [1.54, 1.807) is 0 Å². The predicted molar refractivity (Wildman–Crippen MR) is 89.2 cm³/mol. The molecule has 1 aromatic heterocycles. The highest BCUT2D eigenvalue weighted by Gasteiger charge is 2.35. The molecule has 20 heavy (non-hydrogen) atoms. The molecule has 0 aliphatic rings. The highest BCUT2D eigenvalue weighted by atomic mass is 79.9. The van der Waals surface area contributed by atoms with E-state index in [-0.39, 0.29) is 5.54 Å². The molecule has 0 aliphatic carbocycles. The molecule has 5 heteroatoms. The number of rotatable bonds is 7. The van der Waals surface area contributed by atoms with Crippen LogP contribution in [-0.4, -0.2) is 47.4 Å². The summed E-state index contributed by atoms with van der Waals surface area (Å²) in [5, 5.41) is 8.10. The molecule has 2 unspecified atom stereocenters. The van der Waals surface area contributed by atoms with Gasteiger partial charge in [0, 0.05) is 25.0 Å². The minimum Gasteiger partial charge on any atom is -0.315 e. The van der Waals surface area contributed by atoms with Gasteiger partial charge in [-0.05, 0) is 56.8 Å². The summed E-state index contributed by atoms with van der Waals surface area (Å²) in [5.41, 5.74) is 2.52. The zero-order chi connectivity index (χ0) is 15.5. The quantitative estimate of drug-likeness (QED) is 0.825. The summed E-state index contributed by atoms with van der Waals surface area (Å²) in [5.74, 6) is 0. The third-order valence-electron chi connectivity index (χ3n) is 4.74. The maximum atomic E-state index is 4.60. The second kappa shape index (κ2) is 7.05. The lowest BCUT2D eigenvalue weighted by atomic mass is 9.85. The molecule has 1 N–H and O–H groups in total. The Morgan fingerprint density at radius 1 is 1.40 bits per heavy atom. The van der Waals surface area contributed by atoms with Crippen LogP contribution in [0.15, 0.2) is 4.47 Å². The molecule has 116 valence electrons. The van der Waals surface area contributed by atoms with Crippen molar-refractivity contribution in [3.8, 4) is 0 Å². The molecular formula is C15H29BrN4. The van der Waals surface area contributed by atoms with Crippen LogP contribution in [0.1, 0.15) is 38.6 Å². The zero-order valence-electron chi connectivity index (χ0n) is 13.9. The fourth-order valence-electron chi connectivity index (χ4n) is 2.74. The first-order chi connectivity index (χ1) is 9.31. The van der Waals surface area contributed by atoms with Gasteiger partial charge in [0.1, 0.15) is 0 Å². The molecule has 0 aromatic carbocycles. The van der Waals surface area contributed by atoms with Gasteiger partial charge in [0.15, 0.2) is 0 Å². The van der Waals surface area contributed by atoms with Crippen LogP contribution in [0.2, 0.25) is 0 Å². The SMILES string of the molecule is CCc1nn(C)c(CC(NC)C(C)(CC)N(C)C)c1Br. The van der Waals surface area contributed by atoms with Crippen molar-refractivity contribution in [2.45, 2.75) is 51.6 Å². The van der Waals surface area contributed by atoms with E-state index < -0.39 is 0 Å². The van der Waals surface area contributed by atoms with Crippen molar-refractivity contribution in [3.05, 3.63) is 15.9 Å².